The maximum absolute atomic E-state index is 13.1. The molecule has 0 spiro atoms. The van der Waals surface area contributed by atoms with E-state index in [2.05, 4.69) is 5.32 Å². The Hall–Kier alpha value is -1.11. The summed E-state index contributed by atoms with van der Waals surface area (Å²) in [6.45, 7) is 0.465. The Labute approximate surface area is 167 Å². The minimum absolute atomic E-state index is 0.0230. The number of rotatable bonds is 5. The zero-order valence-corrected chi connectivity index (χ0v) is 17.3. The van der Waals surface area contributed by atoms with Gasteiger partial charge in [0, 0.05) is 30.1 Å². The molecular weight excluding hydrogens is 384 g/mol. The van der Waals surface area contributed by atoms with Gasteiger partial charge in [-0.15, -0.1) is 0 Å². The van der Waals surface area contributed by atoms with Crippen molar-refractivity contribution in [3.63, 3.8) is 0 Å². The Balaban J connectivity index is 1.67. The minimum atomic E-state index is -3.62. The highest BCUT2D eigenvalue weighted by Crippen LogP contribution is 2.28. The van der Waals surface area contributed by atoms with Gasteiger partial charge in [0.15, 0.2) is 0 Å². The molecule has 1 aliphatic carbocycles. The largest absolute Gasteiger partial charge is 0.353 e. The lowest BCUT2D eigenvalue weighted by molar-refractivity contribution is -0.122. The lowest BCUT2D eigenvalue weighted by Crippen LogP contribution is -2.47. The first-order valence-corrected chi connectivity index (χ1v) is 11.9. The molecule has 1 aromatic rings. The highest BCUT2D eigenvalue weighted by molar-refractivity contribution is 7.89. The van der Waals surface area contributed by atoms with Crippen molar-refractivity contribution >= 4 is 27.5 Å². The van der Waals surface area contributed by atoms with Crippen LogP contribution in [0.5, 0.6) is 0 Å². The van der Waals surface area contributed by atoms with Crippen molar-refractivity contribution in [1.29, 1.82) is 0 Å². The van der Waals surface area contributed by atoms with Crippen molar-refractivity contribution in [2.24, 2.45) is 0 Å². The summed E-state index contributed by atoms with van der Waals surface area (Å²) >= 11 is 5.89. The van der Waals surface area contributed by atoms with Crippen LogP contribution in [0.25, 0.3) is 0 Å². The van der Waals surface area contributed by atoms with Crippen LogP contribution in [-0.4, -0.2) is 37.3 Å². The lowest BCUT2D eigenvalue weighted by atomic mass is 10.0. The van der Waals surface area contributed by atoms with Gasteiger partial charge in [-0.25, -0.2) is 8.42 Å². The molecule has 1 atom stereocenters. The Morgan fingerprint density at radius 2 is 1.63 bits per heavy atom. The molecular formula is C20H29ClN2O3S. The van der Waals surface area contributed by atoms with E-state index in [1.54, 1.807) is 12.1 Å². The highest BCUT2D eigenvalue weighted by atomic mass is 35.5. The van der Waals surface area contributed by atoms with Gasteiger partial charge in [-0.05, 0) is 49.9 Å². The first kappa shape index (κ1) is 20.6. The van der Waals surface area contributed by atoms with Gasteiger partial charge < -0.3 is 5.32 Å². The maximum Gasteiger partial charge on any atom is 0.243 e. The predicted octanol–water partition coefficient (Wildman–Crippen LogP) is 4.11. The van der Waals surface area contributed by atoms with Crippen LogP contribution in [-0.2, 0) is 14.8 Å². The van der Waals surface area contributed by atoms with Crippen molar-refractivity contribution in [3.05, 3.63) is 29.3 Å². The number of carbonyl (C=O) groups excluding carboxylic acids is 1. The topological polar surface area (TPSA) is 66.5 Å². The van der Waals surface area contributed by atoms with E-state index >= 15 is 0 Å². The molecule has 1 saturated carbocycles. The summed E-state index contributed by atoms with van der Waals surface area (Å²) in [5.74, 6) is -0.0230. The van der Waals surface area contributed by atoms with Gasteiger partial charge >= 0.3 is 0 Å². The SMILES string of the molecule is O=C(C[C@@H]1CCCCN1S(=O)(=O)c1ccc(Cl)cc1)NC1CCCCCC1. The summed E-state index contributed by atoms with van der Waals surface area (Å²) in [5.41, 5.74) is 0. The number of hydrogen-bond donors (Lipinski definition) is 1. The molecule has 2 fully saturated rings. The molecule has 1 saturated heterocycles. The number of halogens is 1. The summed E-state index contributed by atoms with van der Waals surface area (Å²) in [6.07, 6.45) is 9.60. The Morgan fingerprint density at radius 3 is 2.30 bits per heavy atom. The molecule has 0 bridgehead atoms. The Kier molecular flexibility index (Phi) is 7.17. The molecule has 1 amide bonds. The number of piperidine rings is 1. The van der Waals surface area contributed by atoms with Crippen LogP contribution in [0, 0.1) is 0 Å². The average Bonchev–Trinajstić information content (AvgIpc) is 2.91. The van der Waals surface area contributed by atoms with E-state index in [0.29, 0.717) is 11.6 Å². The van der Waals surface area contributed by atoms with Crippen molar-refractivity contribution in [1.82, 2.24) is 9.62 Å². The average molecular weight is 413 g/mol. The second kappa shape index (κ2) is 9.39. The molecule has 5 nitrogen and oxygen atoms in total. The van der Waals surface area contributed by atoms with Gasteiger partial charge in [0.1, 0.15) is 0 Å². The molecule has 3 rings (SSSR count). The maximum atomic E-state index is 13.1. The molecule has 7 heteroatoms. The molecule has 0 unspecified atom stereocenters. The van der Waals surface area contributed by atoms with Gasteiger partial charge in [0.2, 0.25) is 15.9 Å². The van der Waals surface area contributed by atoms with Crippen molar-refractivity contribution < 1.29 is 13.2 Å². The molecule has 1 N–H and O–H groups in total. The fourth-order valence-corrected chi connectivity index (χ4v) is 5.98. The standard InChI is InChI=1S/C20H29ClN2O3S/c21-16-10-12-19(13-11-16)27(25,26)23-14-6-5-9-18(23)15-20(24)22-17-7-3-1-2-4-8-17/h10-13,17-18H,1-9,14-15H2,(H,22,24)/t18-/m0/s1. The monoisotopic (exact) mass is 412 g/mol. The van der Waals surface area contributed by atoms with Crippen LogP contribution >= 0.6 is 11.6 Å². The van der Waals surface area contributed by atoms with E-state index in [1.165, 1.54) is 29.3 Å². The van der Waals surface area contributed by atoms with E-state index in [4.69, 9.17) is 11.6 Å². The molecule has 150 valence electrons. The number of nitrogens with zero attached hydrogens (tertiary/aromatic N) is 1. The molecule has 2 aliphatic rings. The van der Waals surface area contributed by atoms with E-state index in [9.17, 15) is 13.2 Å². The zero-order valence-electron chi connectivity index (χ0n) is 15.7. The summed E-state index contributed by atoms with van der Waals surface area (Å²) in [7, 11) is -3.62. The zero-order chi connectivity index (χ0) is 19.3. The normalized spacial score (nSPS) is 22.9. The smallest absolute Gasteiger partial charge is 0.243 e. The van der Waals surface area contributed by atoms with Crippen LogP contribution in [0.1, 0.15) is 64.2 Å². The summed E-state index contributed by atoms with van der Waals surface area (Å²) in [5, 5.41) is 3.65. The first-order valence-electron chi connectivity index (χ1n) is 10.0. The van der Waals surface area contributed by atoms with Crippen LogP contribution in [0.4, 0.5) is 0 Å². The van der Waals surface area contributed by atoms with E-state index in [-0.39, 0.29) is 29.3 Å². The first-order chi connectivity index (χ1) is 13.0. The van der Waals surface area contributed by atoms with E-state index in [1.807, 2.05) is 0 Å². The predicted molar refractivity (Wildman–Crippen MR) is 107 cm³/mol. The number of nitrogens with one attached hydrogen (secondary N) is 1. The van der Waals surface area contributed by atoms with Crippen LogP contribution < -0.4 is 5.32 Å². The van der Waals surface area contributed by atoms with Gasteiger partial charge in [0.25, 0.3) is 0 Å². The second-order valence-corrected chi connectivity index (χ2v) is 10.0. The van der Waals surface area contributed by atoms with Crippen molar-refractivity contribution in [3.8, 4) is 0 Å². The molecule has 0 radical (unpaired) electrons. The van der Waals surface area contributed by atoms with Crippen LogP contribution in [0.15, 0.2) is 29.2 Å². The Morgan fingerprint density at radius 1 is 1.00 bits per heavy atom. The van der Waals surface area contributed by atoms with Crippen LogP contribution in [0.2, 0.25) is 5.02 Å². The quantitative estimate of drug-likeness (QED) is 0.740. The number of amides is 1. The van der Waals surface area contributed by atoms with Gasteiger partial charge in [-0.2, -0.15) is 4.31 Å². The van der Waals surface area contributed by atoms with Gasteiger partial charge in [-0.3, -0.25) is 4.79 Å². The third-order valence-electron chi connectivity index (χ3n) is 5.63. The van der Waals surface area contributed by atoms with Crippen molar-refractivity contribution in [2.45, 2.75) is 81.2 Å². The second-order valence-electron chi connectivity index (χ2n) is 7.68. The summed E-state index contributed by atoms with van der Waals surface area (Å²) in [4.78, 5) is 12.8. The molecule has 1 aliphatic heterocycles. The number of hydrogen-bond acceptors (Lipinski definition) is 3. The number of sulfonamides is 1. The summed E-state index contributed by atoms with van der Waals surface area (Å²) in [6, 6.07) is 6.22. The minimum Gasteiger partial charge on any atom is -0.353 e. The highest BCUT2D eigenvalue weighted by Gasteiger charge is 2.34. The fourth-order valence-electron chi connectivity index (χ4n) is 4.16. The summed E-state index contributed by atoms with van der Waals surface area (Å²) < 4.78 is 27.7. The molecule has 1 heterocycles. The molecule has 27 heavy (non-hydrogen) atoms. The van der Waals surface area contributed by atoms with Gasteiger partial charge in [-0.1, -0.05) is 43.7 Å². The van der Waals surface area contributed by atoms with Crippen molar-refractivity contribution in [2.75, 3.05) is 6.54 Å². The number of carbonyl (C=O) groups is 1. The van der Waals surface area contributed by atoms with Crippen LogP contribution in [0.3, 0.4) is 0 Å². The number of benzene rings is 1. The van der Waals surface area contributed by atoms with E-state index in [0.717, 1.165) is 44.9 Å². The molecule has 1 aromatic carbocycles. The third-order valence-corrected chi connectivity index (χ3v) is 7.85. The lowest BCUT2D eigenvalue weighted by Gasteiger charge is -2.34. The molecule has 0 aromatic heterocycles. The van der Waals surface area contributed by atoms with E-state index < -0.39 is 10.0 Å². The third kappa shape index (κ3) is 5.46. The fraction of sp³-hybridized carbons (Fsp3) is 0.650. The van der Waals surface area contributed by atoms with Gasteiger partial charge in [0.05, 0.1) is 4.90 Å². The Bertz CT molecular complexity index is 728.